The monoisotopic (exact) mass is 300 g/mol. The van der Waals surface area contributed by atoms with Crippen molar-refractivity contribution in [3.63, 3.8) is 0 Å². The molecule has 17 heavy (non-hydrogen) atoms. The lowest BCUT2D eigenvalue weighted by Crippen LogP contribution is -2.13. The van der Waals surface area contributed by atoms with Gasteiger partial charge in [-0.15, -0.1) is 0 Å². The number of nitrogens with zero attached hydrogens (tertiary/aromatic N) is 1. The molecular formula is C12H17BrN2O2. The fourth-order valence-corrected chi connectivity index (χ4v) is 1.98. The molecule has 1 rings (SSSR count). The highest BCUT2D eigenvalue weighted by molar-refractivity contribution is 9.10. The summed E-state index contributed by atoms with van der Waals surface area (Å²) < 4.78 is 0.856. The van der Waals surface area contributed by atoms with Crippen molar-refractivity contribution in [2.24, 2.45) is 5.92 Å². The molecule has 0 saturated carbocycles. The van der Waals surface area contributed by atoms with Gasteiger partial charge in [-0.1, -0.05) is 26.7 Å². The fraction of sp³-hybridized carbons (Fsp3) is 0.500. The van der Waals surface area contributed by atoms with Crippen molar-refractivity contribution in [1.29, 1.82) is 0 Å². The Morgan fingerprint density at radius 1 is 1.41 bits per heavy atom. The van der Waals surface area contributed by atoms with E-state index in [4.69, 9.17) is 0 Å². The molecule has 5 heteroatoms. The zero-order chi connectivity index (χ0) is 12.8. The van der Waals surface area contributed by atoms with Crippen LogP contribution in [-0.4, -0.2) is 11.5 Å². The maximum absolute atomic E-state index is 10.7. The quantitative estimate of drug-likeness (QED) is 0.632. The van der Waals surface area contributed by atoms with Gasteiger partial charge in [-0.25, -0.2) is 0 Å². The van der Waals surface area contributed by atoms with Crippen LogP contribution >= 0.6 is 15.9 Å². The summed E-state index contributed by atoms with van der Waals surface area (Å²) in [5.74, 6) is 0.598. The minimum Gasteiger partial charge on any atom is -0.384 e. The molecular weight excluding hydrogens is 284 g/mol. The molecule has 0 atom stereocenters. The molecule has 1 N–H and O–H groups in total. The van der Waals surface area contributed by atoms with Crippen LogP contribution in [0.5, 0.6) is 0 Å². The second-order valence-corrected chi connectivity index (χ2v) is 4.84. The van der Waals surface area contributed by atoms with E-state index >= 15 is 0 Å². The Bertz CT molecular complexity index is 392. The number of hydrogen-bond donors (Lipinski definition) is 1. The van der Waals surface area contributed by atoms with Gasteiger partial charge in [0.2, 0.25) is 0 Å². The lowest BCUT2D eigenvalue weighted by Gasteiger charge is -2.15. The van der Waals surface area contributed by atoms with Crippen LogP contribution in [0, 0.1) is 16.0 Å². The topological polar surface area (TPSA) is 55.2 Å². The number of anilines is 1. The standard InChI is InChI=1S/C12H17BrN2O2/c1-3-9(4-2)8-14-12-7-10(15(16)17)5-6-11(12)13/h5-7,9,14H,3-4,8H2,1-2H3. The maximum atomic E-state index is 10.7. The SMILES string of the molecule is CCC(CC)CNc1cc([N+](=O)[O-])ccc1Br. The number of halogens is 1. The van der Waals surface area contributed by atoms with E-state index in [0.717, 1.165) is 29.5 Å². The molecule has 0 heterocycles. The van der Waals surface area contributed by atoms with Crippen molar-refractivity contribution in [3.8, 4) is 0 Å². The number of nitro groups is 1. The van der Waals surface area contributed by atoms with Crippen molar-refractivity contribution in [1.82, 2.24) is 0 Å². The summed E-state index contributed by atoms with van der Waals surface area (Å²) in [6.07, 6.45) is 2.21. The first kappa shape index (κ1) is 14.0. The van der Waals surface area contributed by atoms with Gasteiger partial charge < -0.3 is 5.32 Å². The normalized spacial score (nSPS) is 10.6. The number of non-ortho nitro benzene ring substituents is 1. The Labute approximate surface area is 110 Å². The molecule has 0 aliphatic heterocycles. The van der Waals surface area contributed by atoms with Crippen molar-refractivity contribution in [2.75, 3.05) is 11.9 Å². The molecule has 0 radical (unpaired) electrons. The van der Waals surface area contributed by atoms with Gasteiger partial charge in [-0.3, -0.25) is 10.1 Å². The first-order valence-electron chi connectivity index (χ1n) is 5.76. The summed E-state index contributed by atoms with van der Waals surface area (Å²) in [6.45, 7) is 5.14. The van der Waals surface area contributed by atoms with Crippen LogP contribution < -0.4 is 5.32 Å². The zero-order valence-corrected chi connectivity index (χ0v) is 11.7. The lowest BCUT2D eigenvalue weighted by atomic mass is 10.0. The molecule has 0 spiro atoms. The maximum Gasteiger partial charge on any atom is 0.271 e. The number of benzene rings is 1. The first-order valence-corrected chi connectivity index (χ1v) is 6.55. The molecule has 0 amide bonds. The van der Waals surface area contributed by atoms with E-state index in [0.29, 0.717) is 5.92 Å². The van der Waals surface area contributed by atoms with Crippen LogP contribution in [0.2, 0.25) is 0 Å². The molecule has 0 aromatic heterocycles. The van der Waals surface area contributed by atoms with Crippen molar-refractivity contribution >= 4 is 27.3 Å². The molecule has 4 nitrogen and oxygen atoms in total. The van der Waals surface area contributed by atoms with Gasteiger partial charge in [0.05, 0.1) is 10.6 Å². The van der Waals surface area contributed by atoms with E-state index in [-0.39, 0.29) is 10.6 Å². The fourth-order valence-electron chi connectivity index (χ4n) is 1.59. The van der Waals surface area contributed by atoms with Gasteiger partial charge in [-0.2, -0.15) is 0 Å². The van der Waals surface area contributed by atoms with Gasteiger partial charge in [-0.05, 0) is 27.9 Å². The van der Waals surface area contributed by atoms with E-state index in [2.05, 4.69) is 35.1 Å². The Morgan fingerprint density at radius 3 is 2.59 bits per heavy atom. The molecule has 0 aliphatic rings. The van der Waals surface area contributed by atoms with Crippen molar-refractivity contribution < 1.29 is 4.92 Å². The van der Waals surface area contributed by atoms with Gasteiger partial charge in [0, 0.05) is 23.2 Å². The molecule has 0 saturated heterocycles. The number of nitrogens with one attached hydrogen (secondary N) is 1. The summed E-state index contributed by atoms with van der Waals surface area (Å²) in [5.41, 5.74) is 0.895. The Morgan fingerprint density at radius 2 is 2.06 bits per heavy atom. The van der Waals surface area contributed by atoms with E-state index < -0.39 is 0 Å². The lowest BCUT2D eigenvalue weighted by molar-refractivity contribution is -0.384. The van der Waals surface area contributed by atoms with Crippen LogP contribution in [0.15, 0.2) is 22.7 Å². The Hall–Kier alpha value is -1.10. The van der Waals surface area contributed by atoms with Gasteiger partial charge in [0.25, 0.3) is 5.69 Å². The van der Waals surface area contributed by atoms with E-state index in [1.54, 1.807) is 12.1 Å². The van der Waals surface area contributed by atoms with E-state index in [9.17, 15) is 10.1 Å². The summed E-state index contributed by atoms with van der Waals surface area (Å²) in [6, 6.07) is 4.76. The average Bonchev–Trinajstić information content (AvgIpc) is 2.32. The Kier molecular flexibility index (Phi) is 5.41. The molecule has 1 aromatic rings. The smallest absolute Gasteiger partial charge is 0.271 e. The molecule has 0 bridgehead atoms. The third-order valence-corrected chi connectivity index (χ3v) is 3.59. The van der Waals surface area contributed by atoms with Crippen molar-refractivity contribution in [2.45, 2.75) is 26.7 Å². The largest absolute Gasteiger partial charge is 0.384 e. The second-order valence-electron chi connectivity index (χ2n) is 3.98. The molecule has 0 unspecified atom stereocenters. The minimum atomic E-state index is -0.380. The van der Waals surface area contributed by atoms with Crippen LogP contribution in [0.25, 0.3) is 0 Å². The highest BCUT2D eigenvalue weighted by atomic mass is 79.9. The molecule has 0 aliphatic carbocycles. The van der Waals surface area contributed by atoms with Gasteiger partial charge in [0.15, 0.2) is 0 Å². The third kappa shape index (κ3) is 4.00. The number of nitro benzene ring substituents is 1. The zero-order valence-electron chi connectivity index (χ0n) is 10.1. The summed E-state index contributed by atoms with van der Waals surface area (Å²) in [4.78, 5) is 10.3. The average molecular weight is 301 g/mol. The van der Waals surface area contributed by atoms with E-state index in [1.807, 2.05) is 0 Å². The first-order chi connectivity index (χ1) is 8.08. The predicted octanol–water partition coefficient (Wildman–Crippen LogP) is 4.21. The molecule has 0 fully saturated rings. The minimum absolute atomic E-state index is 0.111. The van der Waals surface area contributed by atoms with Crippen LogP contribution in [0.4, 0.5) is 11.4 Å². The van der Waals surface area contributed by atoms with Crippen molar-refractivity contribution in [3.05, 3.63) is 32.8 Å². The summed E-state index contributed by atoms with van der Waals surface area (Å²) >= 11 is 3.39. The highest BCUT2D eigenvalue weighted by Crippen LogP contribution is 2.27. The number of rotatable bonds is 6. The van der Waals surface area contributed by atoms with Gasteiger partial charge in [0.1, 0.15) is 0 Å². The van der Waals surface area contributed by atoms with Gasteiger partial charge >= 0.3 is 0 Å². The molecule has 94 valence electrons. The van der Waals surface area contributed by atoms with Crippen LogP contribution in [0.1, 0.15) is 26.7 Å². The predicted molar refractivity (Wildman–Crippen MR) is 73.4 cm³/mol. The number of hydrogen-bond acceptors (Lipinski definition) is 3. The summed E-state index contributed by atoms with van der Waals surface area (Å²) in [7, 11) is 0. The third-order valence-electron chi connectivity index (χ3n) is 2.90. The van der Waals surface area contributed by atoms with Crippen LogP contribution in [-0.2, 0) is 0 Å². The molecule has 1 aromatic carbocycles. The second kappa shape index (κ2) is 6.59. The van der Waals surface area contributed by atoms with Crippen LogP contribution in [0.3, 0.4) is 0 Å². The van der Waals surface area contributed by atoms with E-state index in [1.165, 1.54) is 6.07 Å². The highest BCUT2D eigenvalue weighted by Gasteiger charge is 2.10. The summed E-state index contributed by atoms with van der Waals surface area (Å²) in [5, 5.41) is 13.9. The Balaban J connectivity index is 2.75.